The molecule has 0 aromatic heterocycles. The summed E-state index contributed by atoms with van der Waals surface area (Å²) >= 11 is 11.7. The Hall–Kier alpha value is -1.48. The van der Waals surface area contributed by atoms with Crippen LogP contribution in [-0.2, 0) is 17.1 Å². The topological polar surface area (TPSA) is 124 Å². The Morgan fingerprint density at radius 2 is 1.32 bits per heavy atom. The van der Waals surface area contributed by atoms with Gasteiger partial charge in [0.1, 0.15) is 0 Å². The second kappa shape index (κ2) is 17.9. The van der Waals surface area contributed by atoms with E-state index in [0.717, 1.165) is 64.5 Å². The van der Waals surface area contributed by atoms with Crippen LogP contribution in [0.15, 0.2) is 44.7 Å². The van der Waals surface area contributed by atoms with Gasteiger partial charge in [-0.1, -0.05) is 74.3 Å². The van der Waals surface area contributed by atoms with Crippen LogP contribution in [0.2, 0.25) is 5.02 Å². The van der Waals surface area contributed by atoms with Crippen molar-refractivity contribution in [1.29, 1.82) is 0 Å². The van der Waals surface area contributed by atoms with Gasteiger partial charge < -0.3 is 20.8 Å². The molecule has 2 heterocycles. The number of alkyl halides is 1. The molecule has 8 nitrogen and oxygen atoms in total. The maximum Gasteiger partial charge on any atom is 2.00 e. The number of benzene rings is 1. The van der Waals surface area contributed by atoms with Crippen LogP contribution in [0.5, 0.6) is 0 Å². The number of halogens is 2. The summed E-state index contributed by atoms with van der Waals surface area (Å²) < 4.78 is 0. The van der Waals surface area contributed by atoms with Crippen LogP contribution in [0.25, 0.3) is 10.6 Å². The van der Waals surface area contributed by atoms with Crippen molar-refractivity contribution in [2.24, 2.45) is 26.3 Å². The smallest absolute Gasteiger partial charge is 0.860 e. The van der Waals surface area contributed by atoms with E-state index in [1.54, 1.807) is 36.7 Å². The van der Waals surface area contributed by atoms with Crippen LogP contribution in [0.4, 0.5) is 0 Å². The fourth-order valence-corrected chi connectivity index (χ4v) is 4.61. The van der Waals surface area contributed by atoms with Crippen LogP contribution in [0, 0.1) is 5.92 Å². The average Bonchev–Trinajstić information content (AvgIpc) is 2.91. The molecule has 1 aromatic rings. The first kappa shape index (κ1) is 31.7. The third kappa shape index (κ3) is 12.3. The van der Waals surface area contributed by atoms with Gasteiger partial charge in [-0.05, 0) is 55.2 Å². The molecule has 1 saturated carbocycles. The van der Waals surface area contributed by atoms with Crippen molar-refractivity contribution in [2.45, 2.75) is 81.7 Å². The standard InChI is InChI=1S/C13H21ClN3O.C13H15ClN3O.Cu/c2*14-11-6-4-10(5-7-11)13(18)17-16-9-12-3-1-2-8-15-12;/h9-12H,1-8H2,(H,17,18);4-7,9,12H,1-3,8H2,(H,17,18);/q2*-1;+2/p-2/b2*16-9+;. The Labute approximate surface area is 240 Å². The minimum Gasteiger partial charge on any atom is -0.860 e. The number of piperidine rings is 2. The third-order valence-electron chi connectivity index (χ3n) is 6.42. The van der Waals surface area contributed by atoms with Crippen molar-refractivity contribution in [1.82, 2.24) is 0 Å². The van der Waals surface area contributed by atoms with E-state index in [2.05, 4.69) is 31.0 Å². The first-order valence-corrected chi connectivity index (χ1v) is 13.6. The Kier molecular flexibility index (Phi) is 15.4. The van der Waals surface area contributed by atoms with Crippen molar-refractivity contribution in [3.63, 3.8) is 0 Å². The summed E-state index contributed by atoms with van der Waals surface area (Å²) in [5, 5.41) is 48.2. The van der Waals surface area contributed by atoms with Gasteiger partial charge in [0.25, 0.3) is 0 Å². The first-order chi connectivity index (χ1) is 17.5. The van der Waals surface area contributed by atoms with Gasteiger partial charge in [-0.2, -0.15) is 20.4 Å². The van der Waals surface area contributed by atoms with Gasteiger partial charge in [-0.15, -0.1) is 24.7 Å². The van der Waals surface area contributed by atoms with Gasteiger partial charge in [-0.3, -0.25) is 0 Å². The number of nitrogens with zero attached hydrogens (tertiary/aromatic N) is 6. The van der Waals surface area contributed by atoms with Gasteiger partial charge >= 0.3 is 17.1 Å². The maximum absolute atomic E-state index is 11.8. The van der Waals surface area contributed by atoms with Gasteiger partial charge in [-0.25, -0.2) is 0 Å². The SMILES string of the molecule is [Cu+2].[O-]/C(=N\N=C\C1CCCC[N-]1)C1CCC(Cl)CC1.[O-]/C(=N\N=C\C1CCCC[N-]1)c1ccc(Cl)cc1. The Bertz CT molecular complexity index is 893. The summed E-state index contributed by atoms with van der Waals surface area (Å²) in [6.45, 7) is 1.78. The molecule has 2 atom stereocenters. The van der Waals surface area contributed by atoms with E-state index in [1.165, 1.54) is 12.8 Å². The van der Waals surface area contributed by atoms with Gasteiger partial charge in [0.2, 0.25) is 0 Å². The number of hydrogen-bond donors (Lipinski definition) is 0. The van der Waals surface area contributed by atoms with E-state index in [9.17, 15) is 10.2 Å². The molecule has 11 heteroatoms. The molecule has 2 aliphatic heterocycles. The van der Waals surface area contributed by atoms with E-state index in [4.69, 9.17) is 23.2 Å². The molecule has 1 aliphatic carbocycles. The van der Waals surface area contributed by atoms with Crippen molar-refractivity contribution in [2.75, 3.05) is 13.1 Å². The molecule has 0 spiro atoms. The zero-order valence-corrected chi connectivity index (χ0v) is 23.3. The fourth-order valence-electron chi connectivity index (χ4n) is 4.23. The molecule has 4 rings (SSSR count). The van der Waals surface area contributed by atoms with Gasteiger partial charge in [0, 0.05) is 28.7 Å². The summed E-state index contributed by atoms with van der Waals surface area (Å²) in [6.07, 6.45) is 13.6. The zero-order valence-electron chi connectivity index (χ0n) is 20.8. The minimum absolute atomic E-state index is 0. The number of rotatable bonds is 6. The van der Waals surface area contributed by atoms with Crippen molar-refractivity contribution in [3.8, 4) is 0 Å². The molecule has 0 N–H and O–H groups in total. The molecule has 3 aliphatic rings. The summed E-state index contributed by atoms with van der Waals surface area (Å²) in [4.78, 5) is 0. The van der Waals surface area contributed by atoms with Crippen LogP contribution in [0.3, 0.4) is 0 Å². The second-order valence-electron chi connectivity index (χ2n) is 9.27. The summed E-state index contributed by atoms with van der Waals surface area (Å²) in [5.41, 5.74) is 0.483. The molecule has 37 heavy (non-hydrogen) atoms. The average molecular weight is 597 g/mol. The summed E-state index contributed by atoms with van der Waals surface area (Å²) in [6, 6.07) is 6.85. The van der Waals surface area contributed by atoms with E-state index in [1.807, 2.05) is 0 Å². The molecular formula is C26H34Cl2CuN6O2-2. The molecule has 1 radical (unpaired) electrons. The predicted molar refractivity (Wildman–Crippen MR) is 146 cm³/mol. The maximum atomic E-state index is 11.8. The molecule has 3 fully saturated rings. The van der Waals surface area contributed by atoms with Crippen molar-refractivity contribution < 1.29 is 27.3 Å². The van der Waals surface area contributed by atoms with E-state index in [-0.39, 0.29) is 52.2 Å². The monoisotopic (exact) mass is 595 g/mol. The number of hydrogen-bond acceptors (Lipinski definition) is 6. The van der Waals surface area contributed by atoms with E-state index in [0.29, 0.717) is 10.6 Å². The Morgan fingerprint density at radius 3 is 1.84 bits per heavy atom. The van der Waals surface area contributed by atoms with Gasteiger partial charge in [0.05, 0.1) is 0 Å². The molecule has 207 valence electrons. The zero-order chi connectivity index (χ0) is 25.6. The third-order valence-corrected chi connectivity index (χ3v) is 7.11. The second-order valence-corrected chi connectivity index (χ2v) is 10.3. The molecule has 2 saturated heterocycles. The van der Waals surface area contributed by atoms with E-state index < -0.39 is 0 Å². The fraction of sp³-hybridized carbons (Fsp3) is 0.615. The first-order valence-electron chi connectivity index (χ1n) is 12.8. The largest absolute Gasteiger partial charge is 2.00 e. The van der Waals surface area contributed by atoms with Crippen LogP contribution in [-0.4, -0.2) is 54.8 Å². The predicted octanol–water partition coefficient (Wildman–Crippen LogP) is 4.81. The van der Waals surface area contributed by atoms with Gasteiger partial charge in [0.15, 0.2) is 0 Å². The minimum atomic E-state index is -0.362. The Balaban J connectivity index is 0.000000253. The molecule has 0 amide bonds. The Morgan fingerprint density at radius 1 is 0.784 bits per heavy atom. The normalized spacial score (nSPS) is 27.4. The summed E-state index contributed by atoms with van der Waals surface area (Å²) in [5.74, 6) is -0.426. The van der Waals surface area contributed by atoms with Crippen LogP contribution in [0.1, 0.15) is 69.8 Å². The van der Waals surface area contributed by atoms with Crippen LogP contribution < -0.4 is 10.2 Å². The molecule has 0 bridgehead atoms. The van der Waals surface area contributed by atoms with Crippen molar-refractivity contribution >= 4 is 47.4 Å². The molecule has 1 aromatic carbocycles. The van der Waals surface area contributed by atoms with Crippen molar-refractivity contribution in [3.05, 3.63) is 45.5 Å². The van der Waals surface area contributed by atoms with E-state index >= 15 is 0 Å². The van der Waals surface area contributed by atoms with Crippen LogP contribution >= 0.6 is 23.2 Å². The quantitative estimate of drug-likeness (QED) is 0.154. The molecular weight excluding hydrogens is 563 g/mol. The molecule has 2 unspecified atom stereocenters. The summed E-state index contributed by atoms with van der Waals surface area (Å²) in [7, 11) is 0.